The second-order valence-corrected chi connectivity index (χ2v) is 10.4. The molecule has 0 aromatic rings. The quantitative estimate of drug-likeness (QED) is 0.666. The Morgan fingerprint density at radius 2 is 2.04 bits per heavy atom. The fraction of sp³-hybridized carbons (Fsp3) is 0.889. The molecule has 7 nitrogen and oxygen atoms in total. The summed E-state index contributed by atoms with van der Waals surface area (Å²) in [6, 6.07) is -0.227. The van der Waals surface area contributed by atoms with E-state index in [0.29, 0.717) is 32.5 Å². The second kappa shape index (κ2) is 8.66. The Kier molecular flexibility index (Phi) is 7.19. The Balaban J connectivity index is 0.00000261. The Morgan fingerprint density at radius 3 is 2.59 bits per heavy atom. The van der Waals surface area contributed by atoms with Gasteiger partial charge < -0.3 is 10.0 Å². The van der Waals surface area contributed by atoms with Gasteiger partial charge in [0.05, 0.1) is 23.5 Å². The number of rotatable bonds is 7. The molecule has 2 aliphatic heterocycles. The molecule has 1 amide bonds. The maximum atomic E-state index is 12.9. The van der Waals surface area contributed by atoms with E-state index in [4.69, 9.17) is 0 Å². The number of hydrogen-bond acceptors (Lipinski definition) is 5. The first-order chi connectivity index (χ1) is 12.3. The number of likely N-dealkylation sites (tertiary alicyclic amines) is 1. The van der Waals surface area contributed by atoms with Gasteiger partial charge in [-0.25, -0.2) is 8.42 Å². The van der Waals surface area contributed by atoms with Crippen LogP contribution >= 0.6 is 12.4 Å². The number of carboxylic acid groups (broad SMARTS) is 1. The number of carboxylic acids is 1. The Labute approximate surface area is 167 Å². The molecule has 1 aliphatic carbocycles. The maximum Gasteiger partial charge on any atom is 0.311 e. The number of aliphatic carboxylic acids is 1. The summed E-state index contributed by atoms with van der Waals surface area (Å²) in [5, 5.41) is 9.69. The van der Waals surface area contributed by atoms with Gasteiger partial charge in [-0.3, -0.25) is 14.5 Å². The van der Waals surface area contributed by atoms with Gasteiger partial charge in [-0.1, -0.05) is 19.8 Å². The van der Waals surface area contributed by atoms with Crippen LogP contribution in [-0.4, -0.2) is 78.9 Å². The van der Waals surface area contributed by atoms with Gasteiger partial charge in [0.25, 0.3) is 0 Å². The van der Waals surface area contributed by atoms with E-state index in [0.717, 1.165) is 25.7 Å². The van der Waals surface area contributed by atoms with Crippen LogP contribution < -0.4 is 0 Å². The van der Waals surface area contributed by atoms with Gasteiger partial charge in [-0.05, 0) is 31.6 Å². The van der Waals surface area contributed by atoms with Crippen molar-refractivity contribution in [2.24, 2.45) is 11.3 Å². The molecule has 2 saturated heterocycles. The van der Waals surface area contributed by atoms with Crippen LogP contribution in [0, 0.1) is 11.3 Å². The van der Waals surface area contributed by atoms with Gasteiger partial charge in [-0.15, -0.1) is 12.4 Å². The van der Waals surface area contributed by atoms with Crippen molar-refractivity contribution in [2.45, 2.75) is 51.5 Å². The number of fused-ring (bicyclic) bond motifs is 1. The average molecular weight is 423 g/mol. The molecule has 3 atom stereocenters. The molecule has 0 spiro atoms. The van der Waals surface area contributed by atoms with Crippen molar-refractivity contribution in [2.75, 3.05) is 37.7 Å². The van der Waals surface area contributed by atoms with Crippen molar-refractivity contribution < 1.29 is 23.1 Å². The minimum atomic E-state index is -3.04. The number of halogens is 1. The van der Waals surface area contributed by atoms with E-state index in [1.54, 1.807) is 4.90 Å². The van der Waals surface area contributed by atoms with Crippen LogP contribution in [0.2, 0.25) is 0 Å². The molecule has 2 heterocycles. The highest BCUT2D eigenvalue weighted by atomic mass is 35.5. The van der Waals surface area contributed by atoms with Crippen LogP contribution in [0.1, 0.15) is 45.4 Å². The zero-order valence-electron chi connectivity index (χ0n) is 15.9. The first-order valence-corrected chi connectivity index (χ1v) is 11.6. The van der Waals surface area contributed by atoms with Crippen LogP contribution in [0.5, 0.6) is 0 Å². The molecule has 0 bridgehead atoms. The predicted molar refractivity (Wildman–Crippen MR) is 105 cm³/mol. The molecule has 1 unspecified atom stereocenters. The first kappa shape index (κ1) is 22.4. The highest BCUT2D eigenvalue weighted by Gasteiger charge is 2.55. The van der Waals surface area contributed by atoms with Crippen LogP contribution in [0.15, 0.2) is 0 Å². The SMILES string of the molecule is CCCCN(C(=O)CN1C[C@@H]2CCC[C@@]2(C(=O)O)C1)C1CCS(=O)(=O)C1.Cl. The molecule has 9 heteroatoms. The smallest absolute Gasteiger partial charge is 0.311 e. The number of unbranched alkanes of at least 4 members (excludes halogenated alkanes) is 1. The summed E-state index contributed by atoms with van der Waals surface area (Å²) in [6.07, 6.45) is 4.86. The van der Waals surface area contributed by atoms with Crippen molar-refractivity contribution in [3.8, 4) is 0 Å². The molecule has 3 rings (SSSR count). The number of carbonyl (C=O) groups is 2. The zero-order chi connectivity index (χ0) is 18.9. The lowest BCUT2D eigenvalue weighted by Crippen LogP contribution is -2.47. The van der Waals surface area contributed by atoms with Crippen LogP contribution in [-0.2, 0) is 19.4 Å². The van der Waals surface area contributed by atoms with Crippen LogP contribution in [0.25, 0.3) is 0 Å². The van der Waals surface area contributed by atoms with E-state index in [1.165, 1.54) is 0 Å². The largest absolute Gasteiger partial charge is 0.481 e. The van der Waals surface area contributed by atoms with E-state index in [2.05, 4.69) is 0 Å². The highest BCUT2D eigenvalue weighted by molar-refractivity contribution is 7.91. The van der Waals surface area contributed by atoms with Gasteiger partial charge in [0.15, 0.2) is 9.84 Å². The van der Waals surface area contributed by atoms with Crippen molar-refractivity contribution in [1.29, 1.82) is 0 Å². The zero-order valence-corrected chi connectivity index (χ0v) is 17.6. The molecule has 27 heavy (non-hydrogen) atoms. The standard InChI is InChI=1S/C18H30N2O5S.ClH/c1-2-3-8-20(15-6-9-26(24,25)12-15)16(21)11-19-10-14-5-4-7-18(14,13-19)17(22)23;/h14-15H,2-13H2,1H3,(H,22,23);1H/t14-,15?,18+;/m0./s1. The fourth-order valence-corrected chi connectivity index (χ4v) is 6.74. The summed E-state index contributed by atoms with van der Waals surface area (Å²) in [4.78, 5) is 28.5. The van der Waals surface area contributed by atoms with Crippen molar-refractivity contribution in [3.05, 3.63) is 0 Å². The summed E-state index contributed by atoms with van der Waals surface area (Å²) < 4.78 is 23.6. The Morgan fingerprint density at radius 1 is 1.30 bits per heavy atom. The second-order valence-electron chi connectivity index (χ2n) is 8.22. The number of nitrogens with zero attached hydrogens (tertiary/aromatic N) is 2. The lowest BCUT2D eigenvalue weighted by Gasteiger charge is -2.30. The third-order valence-electron chi connectivity index (χ3n) is 6.45. The minimum absolute atomic E-state index is 0. The predicted octanol–water partition coefficient (Wildman–Crippen LogP) is 1.41. The summed E-state index contributed by atoms with van der Waals surface area (Å²) in [5.41, 5.74) is -0.689. The lowest BCUT2D eigenvalue weighted by molar-refractivity contribution is -0.149. The first-order valence-electron chi connectivity index (χ1n) is 9.73. The molecule has 156 valence electrons. The average Bonchev–Trinajstić information content (AvgIpc) is 3.20. The van der Waals surface area contributed by atoms with Gasteiger partial charge >= 0.3 is 5.97 Å². The third kappa shape index (κ3) is 4.59. The maximum absolute atomic E-state index is 12.9. The number of amides is 1. The van der Waals surface area contributed by atoms with Crippen molar-refractivity contribution in [1.82, 2.24) is 9.80 Å². The Bertz CT molecular complexity index is 671. The van der Waals surface area contributed by atoms with Gasteiger partial charge in [0, 0.05) is 25.7 Å². The fourth-order valence-electron chi connectivity index (χ4n) is 5.01. The van der Waals surface area contributed by atoms with Crippen molar-refractivity contribution >= 4 is 34.1 Å². The van der Waals surface area contributed by atoms with E-state index in [-0.39, 0.29) is 48.3 Å². The van der Waals surface area contributed by atoms with Crippen LogP contribution in [0.3, 0.4) is 0 Å². The minimum Gasteiger partial charge on any atom is -0.481 e. The summed E-state index contributed by atoms with van der Waals surface area (Å²) >= 11 is 0. The molecule has 1 N–H and O–H groups in total. The van der Waals surface area contributed by atoms with Crippen molar-refractivity contribution in [3.63, 3.8) is 0 Å². The lowest BCUT2D eigenvalue weighted by atomic mass is 9.81. The van der Waals surface area contributed by atoms with E-state index >= 15 is 0 Å². The number of sulfone groups is 1. The van der Waals surface area contributed by atoms with E-state index in [9.17, 15) is 23.1 Å². The third-order valence-corrected chi connectivity index (χ3v) is 8.20. The summed E-state index contributed by atoms with van der Waals surface area (Å²) in [6.45, 7) is 3.92. The molecule has 3 fully saturated rings. The molecule has 0 aromatic carbocycles. The molecule has 0 aromatic heterocycles. The highest BCUT2D eigenvalue weighted by Crippen LogP contribution is 2.48. The molecule has 1 saturated carbocycles. The molecular weight excluding hydrogens is 392 g/mol. The molecule has 3 aliphatic rings. The number of hydrogen-bond donors (Lipinski definition) is 1. The summed E-state index contributed by atoms with van der Waals surface area (Å²) in [7, 11) is -3.04. The topological polar surface area (TPSA) is 95.0 Å². The Hall–Kier alpha value is -0.860. The normalized spacial score (nSPS) is 32.0. The van der Waals surface area contributed by atoms with Gasteiger partial charge in [-0.2, -0.15) is 0 Å². The number of carbonyl (C=O) groups excluding carboxylic acids is 1. The molecule has 0 radical (unpaired) electrons. The van der Waals surface area contributed by atoms with E-state index in [1.807, 2.05) is 11.8 Å². The van der Waals surface area contributed by atoms with Gasteiger partial charge in [0.1, 0.15) is 0 Å². The summed E-state index contributed by atoms with van der Waals surface area (Å²) in [5.74, 6) is -0.449. The van der Waals surface area contributed by atoms with E-state index < -0.39 is 21.2 Å². The van der Waals surface area contributed by atoms with Crippen LogP contribution in [0.4, 0.5) is 0 Å². The molecular formula is C18H31ClN2O5S. The monoisotopic (exact) mass is 422 g/mol. The van der Waals surface area contributed by atoms with Gasteiger partial charge in [0.2, 0.25) is 5.91 Å².